The highest BCUT2D eigenvalue weighted by Gasteiger charge is 2.26. The van der Waals surface area contributed by atoms with Gasteiger partial charge in [-0.2, -0.15) is 0 Å². The van der Waals surface area contributed by atoms with Crippen molar-refractivity contribution in [3.63, 3.8) is 0 Å². The van der Waals surface area contributed by atoms with E-state index < -0.39 is 12.3 Å². The van der Waals surface area contributed by atoms with Crippen molar-refractivity contribution >= 4 is 12.6 Å². The van der Waals surface area contributed by atoms with Crippen molar-refractivity contribution < 1.29 is 19.1 Å². The van der Waals surface area contributed by atoms with E-state index in [2.05, 4.69) is 10.1 Å². The molecular weight excluding hydrogens is 198 g/mol. The minimum atomic E-state index is -0.563. The molecule has 1 aliphatic rings. The lowest BCUT2D eigenvalue weighted by atomic mass is 9.88. The summed E-state index contributed by atoms with van der Waals surface area (Å²) in [6, 6.07) is 0. The van der Waals surface area contributed by atoms with E-state index in [1.807, 2.05) is 0 Å². The lowest BCUT2D eigenvalue weighted by Crippen LogP contribution is -2.42. The van der Waals surface area contributed by atoms with Crippen LogP contribution in [0.5, 0.6) is 0 Å². The fourth-order valence-electron chi connectivity index (χ4n) is 1.93. The van der Waals surface area contributed by atoms with Crippen LogP contribution in [0.25, 0.3) is 0 Å². The Balaban J connectivity index is 2.46. The summed E-state index contributed by atoms with van der Waals surface area (Å²) >= 11 is 0. The third kappa shape index (κ3) is 3.77. The van der Waals surface area contributed by atoms with Crippen LogP contribution in [0, 0.1) is 5.92 Å². The van der Waals surface area contributed by atoms with Crippen molar-refractivity contribution in [2.75, 3.05) is 7.11 Å². The van der Waals surface area contributed by atoms with Gasteiger partial charge in [-0.25, -0.2) is 4.79 Å². The SMILES string of the molecule is COC(=O)N[C@H](OC=O)C1CCCCC1. The summed E-state index contributed by atoms with van der Waals surface area (Å²) in [4.78, 5) is 21.3. The summed E-state index contributed by atoms with van der Waals surface area (Å²) in [6.45, 7) is 0.370. The Morgan fingerprint density at radius 3 is 2.60 bits per heavy atom. The van der Waals surface area contributed by atoms with Gasteiger partial charge in [0.1, 0.15) is 0 Å². The molecule has 0 aromatic rings. The Bertz CT molecular complexity index is 213. The maximum absolute atomic E-state index is 11.0. The van der Waals surface area contributed by atoms with Crippen LogP contribution in [-0.2, 0) is 14.3 Å². The molecule has 0 aromatic heterocycles. The lowest BCUT2D eigenvalue weighted by Gasteiger charge is -2.28. The topological polar surface area (TPSA) is 64.6 Å². The van der Waals surface area contributed by atoms with Gasteiger partial charge in [0.15, 0.2) is 6.23 Å². The molecule has 1 amide bonds. The summed E-state index contributed by atoms with van der Waals surface area (Å²) in [5.41, 5.74) is 0. The molecule has 0 heterocycles. The Kier molecular flexibility index (Phi) is 4.93. The Morgan fingerprint density at radius 1 is 1.40 bits per heavy atom. The monoisotopic (exact) mass is 215 g/mol. The summed E-state index contributed by atoms with van der Waals surface area (Å²) in [5, 5.41) is 2.52. The van der Waals surface area contributed by atoms with Gasteiger partial charge in [-0.05, 0) is 12.8 Å². The average Bonchev–Trinajstić information content (AvgIpc) is 2.29. The highest BCUT2D eigenvalue weighted by molar-refractivity contribution is 5.67. The second kappa shape index (κ2) is 6.27. The second-order valence-corrected chi connectivity index (χ2v) is 3.69. The van der Waals surface area contributed by atoms with Crippen LogP contribution in [0.2, 0.25) is 0 Å². The Hall–Kier alpha value is -1.26. The van der Waals surface area contributed by atoms with Gasteiger partial charge in [-0.1, -0.05) is 19.3 Å². The van der Waals surface area contributed by atoms with Gasteiger partial charge < -0.3 is 9.47 Å². The quantitative estimate of drug-likeness (QED) is 0.569. The van der Waals surface area contributed by atoms with E-state index in [4.69, 9.17) is 4.74 Å². The molecule has 0 bridgehead atoms. The van der Waals surface area contributed by atoms with Gasteiger partial charge >= 0.3 is 6.09 Å². The normalized spacial score (nSPS) is 19.0. The van der Waals surface area contributed by atoms with Crippen LogP contribution in [0.4, 0.5) is 4.79 Å². The summed E-state index contributed by atoms with van der Waals surface area (Å²) in [5.74, 6) is 0.211. The third-order valence-corrected chi connectivity index (χ3v) is 2.73. The standard InChI is InChI=1S/C10H17NO4/c1-14-10(13)11-9(15-7-12)8-5-3-2-4-6-8/h7-9H,2-6H2,1H3,(H,11,13)/t9-/m1/s1. The first-order valence-electron chi connectivity index (χ1n) is 5.21. The van der Waals surface area contributed by atoms with Gasteiger partial charge in [-0.3, -0.25) is 10.1 Å². The fourth-order valence-corrected chi connectivity index (χ4v) is 1.93. The van der Waals surface area contributed by atoms with E-state index in [1.54, 1.807) is 0 Å². The minimum Gasteiger partial charge on any atom is -0.453 e. The van der Waals surface area contributed by atoms with Gasteiger partial charge in [0, 0.05) is 5.92 Å². The molecule has 86 valence electrons. The molecule has 5 heteroatoms. The first-order chi connectivity index (χ1) is 7.27. The first kappa shape index (κ1) is 11.8. The van der Waals surface area contributed by atoms with E-state index in [0.29, 0.717) is 6.47 Å². The van der Waals surface area contributed by atoms with Crippen molar-refractivity contribution in [1.82, 2.24) is 5.32 Å². The van der Waals surface area contributed by atoms with E-state index in [1.165, 1.54) is 13.5 Å². The van der Waals surface area contributed by atoms with Gasteiger partial charge in [0.05, 0.1) is 7.11 Å². The molecule has 5 nitrogen and oxygen atoms in total. The molecule has 1 fully saturated rings. The highest BCUT2D eigenvalue weighted by Crippen LogP contribution is 2.26. The first-order valence-corrected chi connectivity index (χ1v) is 5.21. The van der Waals surface area contributed by atoms with Crippen molar-refractivity contribution in [3.05, 3.63) is 0 Å². The zero-order valence-corrected chi connectivity index (χ0v) is 8.90. The number of hydrogen-bond donors (Lipinski definition) is 1. The molecule has 0 spiro atoms. The van der Waals surface area contributed by atoms with Gasteiger partial charge in [-0.15, -0.1) is 0 Å². The average molecular weight is 215 g/mol. The number of methoxy groups -OCH3 is 1. The summed E-state index contributed by atoms with van der Waals surface area (Å²) < 4.78 is 9.33. The molecular formula is C10H17NO4. The van der Waals surface area contributed by atoms with Crippen LogP contribution in [0.1, 0.15) is 32.1 Å². The van der Waals surface area contributed by atoms with Crippen LogP contribution < -0.4 is 5.32 Å². The lowest BCUT2D eigenvalue weighted by molar-refractivity contribution is -0.138. The van der Waals surface area contributed by atoms with Crippen LogP contribution in [0.3, 0.4) is 0 Å². The predicted molar refractivity (Wildman–Crippen MR) is 53.1 cm³/mol. The second-order valence-electron chi connectivity index (χ2n) is 3.69. The van der Waals surface area contributed by atoms with E-state index in [0.717, 1.165) is 25.7 Å². The summed E-state index contributed by atoms with van der Waals surface area (Å²) in [7, 11) is 1.29. The number of hydrogen-bond acceptors (Lipinski definition) is 4. The van der Waals surface area contributed by atoms with Crippen LogP contribution in [-0.4, -0.2) is 25.9 Å². The zero-order valence-electron chi connectivity index (χ0n) is 8.90. The van der Waals surface area contributed by atoms with Crippen molar-refractivity contribution in [2.24, 2.45) is 5.92 Å². The number of carbonyl (C=O) groups is 2. The summed E-state index contributed by atoms with van der Waals surface area (Å²) in [6.07, 6.45) is 4.29. The van der Waals surface area contributed by atoms with Crippen molar-refractivity contribution in [1.29, 1.82) is 0 Å². The molecule has 1 N–H and O–H groups in total. The van der Waals surface area contributed by atoms with E-state index >= 15 is 0 Å². The highest BCUT2D eigenvalue weighted by atomic mass is 16.6. The van der Waals surface area contributed by atoms with E-state index in [9.17, 15) is 9.59 Å². The molecule has 0 saturated heterocycles. The zero-order chi connectivity index (χ0) is 11.1. The van der Waals surface area contributed by atoms with Gasteiger partial charge in [0.25, 0.3) is 6.47 Å². The van der Waals surface area contributed by atoms with Crippen molar-refractivity contribution in [3.8, 4) is 0 Å². The predicted octanol–water partition coefficient (Wildman–Crippen LogP) is 1.42. The molecule has 1 rings (SSSR count). The van der Waals surface area contributed by atoms with Crippen LogP contribution in [0.15, 0.2) is 0 Å². The molecule has 0 aliphatic heterocycles. The molecule has 1 atom stereocenters. The molecule has 0 aromatic carbocycles. The number of rotatable bonds is 4. The third-order valence-electron chi connectivity index (χ3n) is 2.73. The fraction of sp³-hybridized carbons (Fsp3) is 0.800. The number of amides is 1. The smallest absolute Gasteiger partial charge is 0.409 e. The molecule has 15 heavy (non-hydrogen) atoms. The Morgan fingerprint density at radius 2 is 2.07 bits per heavy atom. The molecule has 1 aliphatic carbocycles. The number of carbonyl (C=O) groups excluding carboxylic acids is 2. The molecule has 1 saturated carbocycles. The maximum atomic E-state index is 11.0. The van der Waals surface area contributed by atoms with E-state index in [-0.39, 0.29) is 5.92 Å². The minimum absolute atomic E-state index is 0.211. The number of alkyl carbamates (subject to hydrolysis) is 1. The number of nitrogens with one attached hydrogen (secondary N) is 1. The maximum Gasteiger partial charge on any atom is 0.409 e. The van der Waals surface area contributed by atoms with Crippen LogP contribution >= 0.6 is 0 Å². The Labute approximate surface area is 89.1 Å². The number of ether oxygens (including phenoxy) is 2. The van der Waals surface area contributed by atoms with Gasteiger partial charge in [0.2, 0.25) is 0 Å². The van der Waals surface area contributed by atoms with Crippen molar-refractivity contribution in [2.45, 2.75) is 38.3 Å². The molecule has 0 radical (unpaired) electrons. The molecule has 0 unspecified atom stereocenters. The largest absolute Gasteiger partial charge is 0.453 e.